The van der Waals surface area contributed by atoms with Crippen LogP contribution in [0.1, 0.15) is 39.7 Å². The Balaban J connectivity index is 1.71. The van der Waals surface area contributed by atoms with Gasteiger partial charge in [-0.15, -0.1) is 5.10 Å². The van der Waals surface area contributed by atoms with Crippen molar-refractivity contribution in [2.75, 3.05) is 13.7 Å². The number of methoxy groups -OCH3 is 1. The summed E-state index contributed by atoms with van der Waals surface area (Å²) in [6, 6.07) is 19.7. The first-order chi connectivity index (χ1) is 18.5. The van der Waals surface area contributed by atoms with Gasteiger partial charge in [0.05, 0.1) is 18.7 Å². The molecule has 0 fully saturated rings. The highest BCUT2D eigenvalue weighted by atomic mass is 16.5. The standard InChI is InChI=1S/C29H31N7O2/c1-20-11-12-21(2)26-24(20)16-25(29(37)31-26)27(28-32-33-34-36(28)14-15-38-3)35(18-22-8-5-4-6-9-22)19-23-10-7-13-30-17-23/h4-13,16-17,27H,14-15,18-19H2,1-3H3,(H,31,37)/t27-/m0/s1. The van der Waals surface area contributed by atoms with E-state index in [1.807, 2.05) is 55.6 Å². The van der Waals surface area contributed by atoms with Crippen LogP contribution in [0.5, 0.6) is 0 Å². The van der Waals surface area contributed by atoms with Crippen molar-refractivity contribution >= 4 is 10.9 Å². The van der Waals surface area contributed by atoms with E-state index >= 15 is 0 Å². The summed E-state index contributed by atoms with van der Waals surface area (Å²) in [4.78, 5) is 23.5. The third-order valence-corrected chi connectivity index (χ3v) is 6.78. The first-order valence-electron chi connectivity index (χ1n) is 12.6. The van der Waals surface area contributed by atoms with E-state index < -0.39 is 6.04 Å². The zero-order valence-corrected chi connectivity index (χ0v) is 21.8. The molecule has 0 amide bonds. The van der Waals surface area contributed by atoms with E-state index in [0.717, 1.165) is 33.2 Å². The summed E-state index contributed by atoms with van der Waals surface area (Å²) < 4.78 is 7.04. The zero-order chi connectivity index (χ0) is 26.5. The van der Waals surface area contributed by atoms with Crippen LogP contribution in [-0.2, 0) is 24.4 Å². The molecule has 3 aromatic heterocycles. The number of hydrogen-bond donors (Lipinski definition) is 1. The monoisotopic (exact) mass is 509 g/mol. The minimum absolute atomic E-state index is 0.165. The third kappa shape index (κ3) is 5.39. The summed E-state index contributed by atoms with van der Waals surface area (Å²) in [6.07, 6.45) is 3.61. The molecule has 5 aromatic rings. The van der Waals surface area contributed by atoms with Crippen LogP contribution in [0.25, 0.3) is 10.9 Å². The van der Waals surface area contributed by atoms with Gasteiger partial charge in [-0.25, -0.2) is 4.68 Å². The van der Waals surface area contributed by atoms with Crippen molar-refractivity contribution in [3.8, 4) is 0 Å². The van der Waals surface area contributed by atoms with Crippen LogP contribution < -0.4 is 5.56 Å². The van der Waals surface area contributed by atoms with E-state index in [4.69, 9.17) is 4.74 Å². The van der Waals surface area contributed by atoms with Crippen LogP contribution in [-0.4, -0.2) is 48.8 Å². The number of pyridine rings is 2. The number of tetrazole rings is 1. The number of rotatable bonds is 10. The van der Waals surface area contributed by atoms with Gasteiger partial charge in [-0.3, -0.25) is 14.7 Å². The number of fused-ring (bicyclic) bond motifs is 1. The summed E-state index contributed by atoms with van der Waals surface area (Å²) in [5.74, 6) is 0.581. The second-order valence-corrected chi connectivity index (χ2v) is 9.45. The van der Waals surface area contributed by atoms with Crippen LogP contribution in [0, 0.1) is 13.8 Å². The lowest BCUT2D eigenvalue weighted by Crippen LogP contribution is -2.35. The largest absolute Gasteiger partial charge is 0.383 e. The van der Waals surface area contributed by atoms with Crippen LogP contribution >= 0.6 is 0 Å². The van der Waals surface area contributed by atoms with Gasteiger partial charge in [0.1, 0.15) is 6.04 Å². The van der Waals surface area contributed by atoms with Crippen LogP contribution in [0.3, 0.4) is 0 Å². The maximum atomic E-state index is 13.8. The Kier molecular flexibility index (Phi) is 7.67. The Morgan fingerprint density at radius 3 is 2.53 bits per heavy atom. The topological polar surface area (TPSA) is 102 Å². The van der Waals surface area contributed by atoms with Crippen molar-refractivity contribution in [2.45, 2.75) is 39.5 Å². The number of aromatic amines is 1. The third-order valence-electron chi connectivity index (χ3n) is 6.78. The van der Waals surface area contributed by atoms with Gasteiger partial charge in [-0.2, -0.15) is 0 Å². The van der Waals surface area contributed by atoms with Gasteiger partial charge in [-0.05, 0) is 58.7 Å². The van der Waals surface area contributed by atoms with Crippen molar-refractivity contribution in [3.63, 3.8) is 0 Å². The van der Waals surface area contributed by atoms with E-state index in [9.17, 15) is 4.79 Å². The Bertz CT molecular complexity index is 1520. The predicted molar refractivity (Wildman–Crippen MR) is 146 cm³/mol. The van der Waals surface area contributed by atoms with Gasteiger partial charge < -0.3 is 9.72 Å². The molecule has 3 heterocycles. The van der Waals surface area contributed by atoms with Gasteiger partial charge in [0.15, 0.2) is 5.82 Å². The minimum atomic E-state index is -0.532. The molecule has 9 nitrogen and oxygen atoms in total. The van der Waals surface area contributed by atoms with Gasteiger partial charge in [0.25, 0.3) is 5.56 Å². The van der Waals surface area contributed by atoms with E-state index in [1.54, 1.807) is 18.0 Å². The Morgan fingerprint density at radius 1 is 1.00 bits per heavy atom. The van der Waals surface area contributed by atoms with Crippen molar-refractivity contribution in [2.24, 2.45) is 0 Å². The van der Waals surface area contributed by atoms with Crippen molar-refractivity contribution < 1.29 is 4.74 Å². The van der Waals surface area contributed by atoms with Crippen LogP contribution in [0.15, 0.2) is 77.9 Å². The molecule has 0 aliphatic heterocycles. The number of aromatic nitrogens is 6. The summed E-state index contributed by atoms with van der Waals surface area (Å²) >= 11 is 0. The fourth-order valence-corrected chi connectivity index (χ4v) is 4.82. The summed E-state index contributed by atoms with van der Waals surface area (Å²) in [5, 5.41) is 13.7. The van der Waals surface area contributed by atoms with Crippen molar-refractivity contribution in [1.29, 1.82) is 0 Å². The lowest BCUT2D eigenvalue weighted by atomic mass is 9.98. The number of H-pyrrole nitrogens is 1. The second-order valence-electron chi connectivity index (χ2n) is 9.45. The first kappa shape index (κ1) is 25.4. The highest BCUT2D eigenvalue weighted by Crippen LogP contribution is 2.31. The molecule has 0 unspecified atom stereocenters. The number of ether oxygens (including phenoxy) is 1. The van der Waals surface area contributed by atoms with Gasteiger partial charge in [-0.1, -0.05) is 48.5 Å². The molecule has 0 bridgehead atoms. The number of nitrogens with zero attached hydrogens (tertiary/aromatic N) is 6. The maximum absolute atomic E-state index is 13.8. The van der Waals surface area contributed by atoms with Gasteiger partial charge in [0.2, 0.25) is 0 Å². The molecule has 0 saturated heterocycles. The van der Waals surface area contributed by atoms with E-state index in [1.165, 1.54) is 0 Å². The van der Waals surface area contributed by atoms with Crippen molar-refractivity contribution in [3.05, 3.63) is 117 Å². The molecule has 0 spiro atoms. The molecule has 2 aromatic carbocycles. The highest BCUT2D eigenvalue weighted by molar-refractivity contribution is 5.85. The van der Waals surface area contributed by atoms with E-state index in [0.29, 0.717) is 37.6 Å². The van der Waals surface area contributed by atoms with Gasteiger partial charge in [0, 0.05) is 43.5 Å². The fourth-order valence-electron chi connectivity index (χ4n) is 4.82. The molecule has 38 heavy (non-hydrogen) atoms. The molecular formula is C29H31N7O2. The quantitative estimate of drug-likeness (QED) is 0.304. The average molecular weight is 510 g/mol. The Labute approximate surface area is 221 Å². The predicted octanol–water partition coefficient (Wildman–Crippen LogP) is 3.96. The fraction of sp³-hybridized carbons (Fsp3) is 0.276. The SMILES string of the molecule is COCCn1nnnc1[C@H](c1cc2c(C)ccc(C)c2[nH]c1=O)N(Cc1ccccc1)Cc1cccnc1. The van der Waals surface area contributed by atoms with E-state index in [2.05, 4.69) is 55.5 Å². The molecule has 5 rings (SSSR count). The Hall–Kier alpha value is -4.21. The number of benzene rings is 2. The first-order valence-corrected chi connectivity index (χ1v) is 12.6. The number of aryl methyl sites for hydroxylation is 2. The number of nitrogens with one attached hydrogen (secondary N) is 1. The summed E-state index contributed by atoms with van der Waals surface area (Å²) in [6.45, 7) is 6.07. The van der Waals surface area contributed by atoms with E-state index in [-0.39, 0.29) is 5.56 Å². The lowest BCUT2D eigenvalue weighted by Gasteiger charge is -2.31. The second kappa shape index (κ2) is 11.5. The molecule has 1 atom stereocenters. The Morgan fingerprint density at radius 2 is 1.76 bits per heavy atom. The average Bonchev–Trinajstić information content (AvgIpc) is 3.39. The number of hydrogen-bond acceptors (Lipinski definition) is 7. The molecule has 0 radical (unpaired) electrons. The van der Waals surface area contributed by atoms with Crippen LogP contribution in [0.2, 0.25) is 0 Å². The summed E-state index contributed by atoms with van der Waals surface area (Å²) in [5.41, 5.74) is 5.50. The highest BCUT2D eigenvalue weighted by Gasteiger charge is 2.31. The molecule has 0 aliphatic rings. The zero-order valence-electron chi connectivity index (χ0n) is 21.8. The lowest BCUT2D eigenvalue weighted by molar-refractivity contribution is 0.169. The molecule has 0 saturated carbocycles. The molecule has 1 N–H and O–H groups in total. The normalized spacial score (nSPS) is 12.3. The van der Waals surface area contributed by atoms with Crippen LogP contribution in [0.4, 0.5) is 0 Å². The molecule has 194 valence electrons. The van der Waals surface area contributed by atoms with Crippen molar-refractivity contribution in [1.82, 2.24) is 35.1 Å². The molecule has 0 aliphatic carbocycles. The van der Waals surface area contributed by atoms with Gasteiger partial charge >= 0.3 is 0 Å². The smallest absolute Gasteiger partial charge is 0.253 e. The molecule has 9 heteroatoms. The summed E-state index contributed by atoms with van der Waals surface area (Å²) in [7, 11) is 1.64. The maximum Gasteiger partial charge on any atom is 0.253 e. The minimum Gasteiger partial charge on any atom is -0.383 e. The molecular weight excluding hydrogens is 478 g/mol.